The monoisotopic (exact) mass is 304 g/mol. The molecule has 0 N–H and O–H groups in total. The first kappa shape index (κ1) is 12.8. The average Bonchev–Trinajstić information content (AvgIpc) is 2.76. The topological polar surface area (TPSA) is 86.7 Å². The van der Waals surface area contributed by atoms with Gasteiger partial charge < -0.3 is 9.47 Å². The fraction of sp³-hybridized carbons (Fsp3) is 0.750. The molecule has 0 aromatic heterocycles. The maximum absolute atomic E-state index is 12.7. The lowest BCUT2D eigenvalue weighted by molar-refractivity contribution is -0.291. The van der Waals surface area contributed by atoms with E-state index in [1.165, 1.54) is 0 Å². The van der Waals surface area contributed by atoms with E-state index in [0.29, 0.717) is 25.7 Å². The van der Waals surface area contributed by atoms with Gasteiger partial charge in [-0.3, -0.25) is 19.2 Å². The molecule has 0 unspecified atom stereocenters. The zero-order valence-corrected chi connectivity index (χ0v) is 12.1. The predicted octanol–water partition coefficient (Wildman–Crippen LogP) is 1.26. The van der Waals surface area contributed by atoms with E-state index in [2.05, 4.69) is 0 Å². The van der Waals surface area contributed by atoms with Gasteiger partial charge in [0, 0.05) is 0 Å². The van der Waals surface area contributed by atoms with Gasteiger partial charge in [-0.2, -0.15) is 0 Å². The van der Waals surface area contributed by atoms with Crippen molar-refractivity contribution in [3.05, 3.63) is 0 Å². The largest absolute Gasteiger partial charge is 0.392 e. The van der Waals surface area contributed by atoms with Crippen LogP contribution in [0.4, 0.5) is 0 Å². The van der Waals surface area contributed by atoms with Crippen molar-refractivity contribution >= 4 is 23.9 Å². The molecular weight excluding hydrogens is 288 g/mol. The Morgan fingerprint density at radius 3 is 0.955 bits per heavy atom. The maximum Gasteiger partial charge on any atom is 0.322 e. The summed E-state index contributed by atoms with van der Waals surface area (Å²) in [5, 5.41) is 0. The van der Waals surface area contributed by atoms with E-state index in [4.69, 9.17) is 9.47 Å². The van der Waals surface area contributed by atoms with Crippen LogP contribution < -0.4 is 0 Å². The van der Waals surface area contributed by atoms with Gasteiger partial charge in [-0.1, -0.05) is 25.7 Å². The third-order valence-corrected chi connectivity index (χ3v) is 7.39. The van der Waals surface area contributed by atoms with Gasteiger partial charge in [-0.25, -0.2) is 0 Å². The number of ether oxygens (including phenoxy) is 2. The summed E-state index contributed by atoms with van der Waals surface area (Å²) in [6.45, 7) is 0. The van der Waals surface area contributed by atoms with Gasteiger partial charge in [0.25, 0.3) is 0 Å². The van der Waals surface area contributed by atoms with Crippen LogP contribution in [0.3, 0.4) is 0 Å². The molecule has 0 atom stereocenters. The van der Waals surface area contributed by atoms with Crippen LogP contribution in [0.15, 0.2) is 0 Å². The van der Waals surface area contributed by atoms with Crippen LogP contribution in [0.1, 0.15) is 51.4 Å². The Morgan fingerprint density at radius 2 is 0.727 bits per heavy atom. The zero-order valence-electron chi connectivity index (χ0n) is 12.1. The Balaban J connectivity index is 1.90. The van der Waals surface area contributed by atoms with Crippen LogP contribution in [0, 0.1) is 21.7 Å². The van der Waals surface area contributed by atoms with Gasteiger partial charge in [0.15, 0.2) is 0 Å². The van der Waals surface area contributed by atoms with Crippen molar-refractivity contribution in [1.29, 1.82) is 0 Å². The molecular formula is C16H16O6. The van der Waals surface area contributed by atoms with E-state index >= 15 is 0 Å². The first-order valence-corrected chi connectivity index (χ1v) is 8.05. The van der Waals surface area contributed by atoms with Gasteiger partial charge in [-0.15, -0.1) is 0 Å². The SMILES string of the molecule is O=C1OC(=O)C23CCCCC24C(=O)OC(=O)C42CCCCC123. The minimum atomic E-state index is -1.15. The summed E-state index contributed by atoms with van der Waals surface area (Å²) < 4.78 is 10.1. The van der Waals surface area contributed by atoms with Crippen LogP contribution in [0.2, 0.25) is 0 Å². The van der Waals surface area contributed by atoms with Gasteiger partial charge in [-0.05, 0) is 25.7 Å². The van der Waals surface area contributed by atoms with E-state index in [1.54, 1.807) is 0 Å². The van der Waals surface area contributed by atoms with Crippen LogP contribution in [-0.4, -0.2) is 23.9 Å². The standard InChI is InChI=1S/C16H16O6/c17-9-13-5-1-2-6-14(13)10(18)22-12(20)16(14)8-4-3-7-15(13,16)11(19)21-9/h1-8H2. The third kappa shape index (κ3) is 0.768. The van der Waals surface area contributed by atoms with Gasteiger partial charge in [0.2, 0.25) is 0 Å². The molecule has 3 aliphatic carbocycles. The van der Waals surface area contributed by atoms with Gasteiger partial charge in [0.1, 0.15) is 21.7 Å². The third-order valence-electron chi connectivity index (χ3n) is 7.39. The van der Waals surface area contributed by atoms with Crippen molar-refractivity contribution < 1.29 is 28.7 Å². The van der Waals surface area contributed by atoms with Crippen LogP contribution in [0.25, 0.3) is 0 Å². The summed E-state index contributed by atoms with van der Waals surface area (Å²) in [5.41, 5.74) is -4.62. The highest BCUT2D eigenvalue weighted by atomic mass is 16.6. The molecule has 0 aromatic carbocycles. The molecule has 5 aliphatic rings. The van der Waals surface area contributed by atoms with Crippen LogP contribution >= 0.6 is 0 Å². The Hall–Kier alpha value is -1.72. The summed E-state index contributed by atoms with van der Waals surface area (Å²) >= 11 is 0. The van der Waals surface area contributed by atoms with E-state index < -0.39 is 45.5 Å². The zero-order chi connectivity index (χ0) is 15.4. The molecule has 6 heteroatoms. The van der Waals surface area contributed by atoms with Crippen molar-refractivity contribution in [3.63, 3.8) is 0 Å². The van der Waals surface area contributed by atoms with Crippen LogP contribution in [0.5, 0.6) is 0 Å². The molecule has 0 radical (unpaired) electrons. The highest BCUT2D eigenvalue weighted by Gasteiger charge is 3.02. The Labute approximate surface area is 126 Å². The molecule has 2 saturated heterocycles. The number of hydrogen-bond donors (Lipinski definition) is 0. The van der Waals surface area contributed by atoms with Gasteiger partial charge in [0.05, 0.1) is 0 Å². The molecule has 22 heavy (non-hydrogen) atoms. The highest BCUT2D eigenvalue weighted by Crippen LogP contribution is 2.90. The van der Waals surface area contributed by atoms with Crippen molar-refractivity contribution in [2.45, 2.75) is 51.4 Å². The molecule has 5 rings (SSSR count). The fourth-order valence-corrected chi connectivity index (χ4v) is 6.98. The summed E-state index contributed by atoms with van der Waals surface area (Å²) in [7, 11) is 0. The Kier molecular flexibility index (Phi) is 1.91. The summed E-state index contributed by atoms with van der Waals surface area (Å²) in [6, 6.07) is 0. The molecule has 116 valence electrons. The molecule has 2 aliphatic heterocycles. The lowest BCUT2D eigenvalue weighted by atomic mass is 9.20. The molecule has 0 aromatic rings. The Morgan fingerprint density at radius 1 is 0.500 bits per heavy atom. The van der Waals surface area contributed by atoms with Crippen molar-refractivity contribution in [1.82, 2.24) is 0 Å². The first-order valence-electron chi connectivity index (χ1n) is 8.05. The molecule has 2 heterocycles. The smallest absolute Gasteiger partial charge is 0.322 e. The minimum absolute atomic E-state index is 0.446. The maximum atomic E-state index is 12.7. The number of cyclic esters (lactones) is 4. The van der Waals surface area contributed by atoms with E-state index in [0.717, 1.165) is 25.7 Å². The predicted molar refractivity (Wildman–Crippen MR) is 68.9 cm³/mol. The lowest BCUT2D eigenvalue weighted by Gasteiger charge is -2.72. The van der Waals surface area contributed by atoms with E-state index in [-0.39, 0.29) is 0 Å². The Bertz CT molecular complexity index is 552. The normalized spacial score (nSPS) is 52.0. The van der Waals surface area contributed by atoms with Crippen LogP contribution in [-0.2, 0) is 28.7 Å². The molecule has 3 saturated carbocycles. The summed E-state index contributed by atoms with van der Waals surface area (Å²) in [5.74, 6) is -2.38. The average molecular weight is 304 g/mol. The first-order chi connectivity index (χ1) is 10.5. The number of rotatable bonds is 0. The molecule has 0 bridgehead atoms. The van der Waals surface area contributed by atoms with Crippen molar-refractivity contribution in [2.24, 2.45) is 21.7 Å². The van der Waals surface area contributed by atoms with Crippen molar-refractivity contribution in [2.75, 3.05) is 0 Å². The molecule has 4 spiro atoms. The van der Waals surface area contributed by atoms with Gasteiger partial charge >= 0.3 is 23.9 Å². The quantitative estimate of drug-likeness (QED) is 0.494. The second kappa shape index (κ2) is 3.29. The van der Waals surface area contributed by atoms with Crippen molar-refractivity contribution in [3.8, 4) is 0 Å². The van der Waals surface area contributed by atoms with E-state index in [1.807, 2.05) is 0 Å². The lowest BCUT2D eigenvalue weighted by Crippen LogP contribution is -2.83. The minimum Gasteiger partial charge on any atom is -0.392 e. The molecule has 6 nitrogen and oxygen atoms in total. The molecule has 0 amide bonds. The summed E-state index contributed by atoms with van der Waals surface area (Å²) in [6.07, 6.45) is 4.85. The molecule has 5 fully saturated rings. The van der Waals surface area contributed by atoms with E-state index in [9.17, 15) is 19.2 Å². The number of carbonyl (C=O) groups is 4. The summed E-state index contributed by atoms with van der Waals surface area (Å²) in [4.78, 5) is 50.7. The fourth-order valence-electron chi connectivity index (χ4n) is 6.98. The number of esters is 4. The second-order valence-corrected chi connectivity index (χ2v) is 7.39. The second-order valence-electron chi connectivity index (χ2n) is 7.39. The highest BCUT2D eigenvalue weighted by molar-refractivity contribution is 6.19. The number of carbonyl (C=O) groups excluding carboxylic acids is 4. The number of hydrogen-bond acceptors (Lipinski definition) is 6.